The normalized spacial score (nSPS) is 36.2. The molecule has 0 aromatic rings. The van der Waals surface area contributed by atoms with E-state index in [1.165, 1.54) is 25.7 Å². The number of ether oxygens (including phenoxy) is 1. The van der Waals surface area contributed by atoms with Gasteiger partial charge in [-0.1, -0.05) is 27.2 Å². The number of rotatable bonds is 4. The van der Waals surface area contributed by atoms with E-state index in [9.17, 15) is 5.11 Å². The van der Waals surface area contributed by atoms with Crippen molar-refractivity contribution in [2.24, 2.45) is 23.2 Å². The van der Waals surface area contributed by atoms with Crippen LogP contribution in [0.3, 0.4) is 0 Å². The average Bonchev–Trinajstić information content (AvgIpc) is 2.77. The maximum Gasteiger partial charge on any atom is 0.0878 e. The summed E-state index contributed by atoms with van der Waals surface area (Å²) in [6.45, 7) is 6.43. The Balaban J connectivity index is 1.90. The molecule has 17 heavy (non-hydrogen) atoms. The lowest BCUT2D eigenvalue weighted by atomic mass is 9.79. The Kier molecular flexibility index (Phi) is 3.84. The van der Waals surface area contributed by atoms with Gasteiger partial charge in [-0.3, -0.25) is 0 Å². The first-order valence-corrected chi connectivity index (χ1v) is 7.12. The van der Waals surface area contributed by atoms with Gasteiger partial charge < -0.3 is 9.84 Å². The van der Waals surface area contributed by atoms with Crippen LogP contribution in [0.1, 0.15) is 52.9 Å². The zero-order valence-electron chi connectivity index (χ0n) is 11.8. The molecular formula is C15H28O2. The first-order chi connectivity index (χ1) is 7.91. The molecule has 2 saturated carbocycles. The van der Waals surface area contributed by atoms with Crippen LogP contribution in [0.5, 0.6) is 0 Å². The van der Waals surface area contributed by atoms with Crippen molar-refractivity contribution < 1.29 is 9.84 Å². The minimum atomic E-state index is -0.302. The highest BCUT2D eigenvalue weighted by atomic mass is 16.5. The molecule has 0 spiro atoms. The van der Waals surface area contributed by atoms with Crippen LogP contribution >= 0.6 is 0 Å². The van der Waals surface area contributed by atoms with Gasteiger partial charge >= 0.3 is 0 Å². The van der Waals surface area contributed by atoms with Gasteiger partial charge in [-0.15, -0.1) is 0 Å². The lowest BCUT2D eigenvalue weighted by Crippen LogP contribution is -2.40. The molecule has 2 rings (SSSR count). The summed E-state index contributed by atoms with van der Waals surface area (Å²) in [5.41, 5.74) is 0.0196. The zero-order valence-corrected chi connectivity index (χ0v) is 11.8. The van der Waals surface area contributed by atoms with Crippen molar-refractivity contribution >= 4 is 0 Å². The molecule has 2 fully saturated rings. The van der Waals surface area contributed by atoms with Gasteiger partial charge in [0, 0.05) is 7.11 Å². The maximum atomic E-state index is 10.4. The summed E-state index contributed by atoms with van der Waals surface area (Å²) < 4.78 is 5.52. The number of fused-ring (bicyclic) bond motifs is 2. The van der Waals surface area contributed by atoms with Gasteiger partial charge in [0.15, 0.2) is 0 Å². The molecule has 0 aliphatic heterocycles. The van der Waals surface area contributed by atoms with E-state index >= 15 is 0 Å². The van der Waals surface area contributed by atoms with Crippen molar-refractivity contribution in [2.45, 2.75) is 65.1 Å². The molecular weight excluding hydrogens is 212 g/mol. The quantitative estimate of drug-likeness (QED) is 0.817. The second-order valence-corrected chi connectivity index (χ2v) is 7.26. The molecule has 2 bridgehead atoms. The number of methoxy groups -OCH3 is 1. The molecule has 0 saturated heterocycles. The summed E-state index contributed by atoms with van der Waals surface area (Å²) in [6, 6.07) is 0. The first-order valence-electron chi connectivity index (χ1n) is 7.12. The van der Waals surface area contributed by atoms with E-state index in [1.54, 1.807) is 7.11 Å². The maximum absolute atomic E-state index is 10.4. The highest BCUT2D eigenvalue weighted by Gasteiger charge is 2.42. The highest BCUT2D eigenvalue weighted by Crippen LogP contribution is 2.50. The Morgan fingerprint density at radius 2 is 1.94 bits per heavy atom. The number of hydrogen-bond acceptors (Lipinski definition) is 2. The van der Waals surface area contributed by atoms with Gasteiger partial charge in [0.05, 0.1) is 12.2 Å². The summed E-state index contributed by atoms with van der Waals surface area (Å²) in [5.74, 6) is 2.61. The van der Waals surface area contributed by atoms with Crippen molar-refractivity contribution in [1.29, 1.82) is 0 Å². The highest BCUT2D eigenvalue weighted by molar-refractivity contribution is 4.92. The van der Waals surface area contributed by atoms with E-state index in [-0.39, 0.29) is 17.6 Å². The van der Waals surface area contributed by atoms with E-state index in [2.05, 4.69) is 20.8 Å². The van der Waals surface area contributed by atoms with Crippen molar-refractivity contribution in [3.8, 4) is 0 Å². The Morgan fingerprint density at radius 3 is 2.35 bits per heavy atom. The largest absolute Gasteiger partial charge is 0.390 e. The molecule has 0 radical (unpaired) electrons. The Hall–Kier alpha value is -0.0800. The Morgan fingerprint density at radius 1 is 1.24 bits per heavy atom. The third kappa shape index (κ3) is 2.85. The molecule has 0 aromatic carbocycles. The van der Waals surface area contributed by atoms with Crippen molar-refractivity contribution in [2.75, 3.05) is 7.11 Å². The fourth-order valence-corrected chi connectivity index (χ4v) is 4.19. The Labute approximate surface area is 106 Å². The van der Waals surface area contributed by atoms with Crippen LogP contribution in [-0.2, 0) is 4.74 Å². The molecule has 2 aliphatic rings. The fraction of sp³-hybridized carbons (Fsp3) is 1.00. The van der Waals surface area contributed by atoms with Gasteiger partial charge in [0.25, 0.3) is 0 Å². The number of hydrogen-bond donors (Lipinski definition) is 1. The van der Waals surface area contributed by atoms with Gasteiger partial charge in [-0.25, -0.2) is 0 Å². The summed E-state index contributed by atoms with van der Waals surface area (Å²) in [4.78, 5) is 0. The monoisotopic (exact) mass is 240 g/mol. The predicted octanol–water partition coefficient (Wildman–Crippen LogP) is 3.23. The average molecular weight is 240 g/mol. The molecule has 0 heterocycles. The number of aliphatic hydroxyl groups is 1. The van der Waals surface area contributed by atoms with E-state index in [4.69, 9.17) is 4.74 Å². The SMILES string of the molecule is COC(C(O)CC1CC2CCC1C2)C(C)(C)C. The zero-order chi connectivity index (χ0) is 12.6. The molecule has 2 aliphatic carbocycles. The number of aliphatic hydroxyl groups excluding tert-OH is 1. The van der Waals surface area contributed by atoms with E-state index in [0.717, 1.165) is 24.2 Å². The second-order valence-electron chi connectivity index (χ2n) is 7.26. The van der Waals surface area contributed by atoms with Crippen molar-refractivity contribution in [3.63, 3.8) is 0 Å². The molecule has 2 nitrogen and oxygen atoms in total. The molecule has 2 heteroatoms. The molecule has 100 valence electrons. The predicted molar refractivity (Wildman–Crippen MR) is 69.8 cm³/mol. The summed E-state index contributed by atoms with van der Waals surface area (Å²) in [7, 11) is 1.72. The third-order valence-electron chi connectivity index (χ3n) is 4.89. The standard InChI is InChI=1S/C15H28O2/c1-15(2,3)14(17-4)13(16)9-12-8-10-5-6-11(12)7-10/h10-14,16H,5-9H2,1-4H3. The minimum absolute atomic E-state index is 0.0196. The minimum Gasteiger partial charge on any atom is -0.390 e. The van der Waals surface area contributed by atoms with Gasteiger partial charge in [-0.05, 0) is 48.9 Å². The van der Waals surface area contributed by atoms with Crippen LogP contribution in [0.25, 0.3) is 0 Å². The van der Waals surface area contributed by atoms with Gasteiger partial charge in [-0.2, -0.15) is 0 Å². The first kappa shape index (κ1) is 13.4. The van der Waals surface area contributed by atoms with Crippen LogP contribution in [0.2, 0.25) is 0 Å². The van der Waals surface area contributed by atoms with E-state index in [0.29, 0.717) is 0 Å². The molecule has 5 unspecified atom stereocenters. The lowest BCUT2D eigenvalue weighted by molar-refractivity contribution is -0.0804. The van der Waals surface area contributed by atoms with Crippen LogP contribution in [0, 0.1) is 23.2 Å². The van der Waals surface area contributed by atoms with Crippen LogP contribution < -0.4 is 0 Å². The van der Waals surface area contributed by atoms with Crippen LogP contribution in [0.15, 0.2) is 0 Å². The summed E-state index contributed by atoms with van der Waals surface area (Å²) in [5, 5.41) is 10.4. The van der Waals surface area contributed by atoms with Gasteiger partial charge in [0.2, 0.25) is 0 Å². The van der Waals surface area contributed by atoms with Crippen LogP contribution in [0.4, 0.5) is 0 Å². The summed E-state index contributed by atoms with van der Waals surface area (Å²) in [6.07, 6.45) is 6.20. The smallest absolute Gasteiger partial charge is 0.0878 e. The topological polar surface area (TPSA) is 29.5 Å². The summed E-state index contributed by atoms with van der Waals surface area (Å²) >= 11 is 0. The third-order valence-corrected chi connectivity index (χ3v) is 4.89. The Bertz CT molecular complexity index is 256. The molecule has 5 atom stereocenters. The van der Waals surface area contributed by atoms with E-state index < -0.39 is 0 Å². The second kappa shape index (κ2) is 4.89. The molecule has 0 amide bonds. The molecule has 0 aromatic heterocycles. The van der Waals surface area contributed by atoms with Gasteiger partial charge in [0.1, 0.15) is 0 Å². The molecule has 1 N–H and O–H groups in total. The van der Waals surface area contributed by atoms with Crippen molar-refractivity contribution in [3.05, 3.63) is 0 Å². The van der Waals surface area contributed by atoms with Crippen LogP contribution in [-0.4, -0.2) is 24.4 Å². The van der Waals surface area contributed by atoms with E-state index in [1.807, 2.05) is 0 Å². The fourth-order valence-electron chi connectivity index (χ4n) is 4.19. The van der Waals surface area contributed by atoms with Crippen molar-refractivity contribution in [1.82, 2.24) is 0 Å². The lowest BCUT2D eigenvalue weighted by Gasteiger charge is -2.35.